The van der Waals surface area contributed by atoms with Gasteiger partial charge in [0.25, 0.3) is 5.91 Å². The first-order valence-electron chi connectivity index (χ1n) is 11.8. The Morgan fingerprint density at radius 2 is 1.82 bits per heavy atom. The topological polar surface area (TPSA) is 87.1 Å². The summed E-state index contributed by atoms with van der Waals surface area (Å²) < 4.78 is 0. The van der Waals surface area contributed by atoms with Gasteiger partial charge in [-0.15, -0.1) is 0 Å². The van der Waals surface area contributed by atoms with Crippen molar-refractivity contribution in [1.82, 2.24) is 20.6 Å². The van der Waals surface area contributed by atoms with E-state index in [-0.39, 0.29) is 11.9 Å². The van der Waals surface area contributed by atoms with E-state index >= 15 is 0 Å². The molecule has 2 aromatic carbocycles. The molecule has 0 spiro atoms. The van der Waals surface area contributed by atoms with Gasteiger partial charge in [-0.25, -0.2) is 9.97 Å². The van der Waals surface area contributed by atoms with E-state index < -0.39 is 6.10 Å². The second kappa shape index (κ2) is 9.81. The van der Waals surface area contributed by atoms with Crippen molar-refractivity contribution in [3.8, 4) is 0 Å². The van der Waals surface area contributed by atoms with Gasteiger partial charge in [-0.2, -0.15) is 0 Å². The first kappa shape index (κ1) is 21.7. The molecule has 0 radical (unpaired) electrons. The van der Waals surface area contributed by atoms with Crippen molar-refractivity contribution < 1.29 is 9.90 Å². The molecule has 2 aliphatic rings. The molecule has 1 amide bonds. The molecular weight excluding hydrogens is 412 g/mol. The normalized spacial score (nSPS) is 21.0. The smallest absolute Gasteiger partial charge is 0.251 e. The molecule has 2 heterocycles. The summed E-state index contributed by atoms with van der Waals surface area (Å²) in [6.07, 6.45) is 6.52. The number of carbonyl (C=O) groups excluding carboxylic acids is 1. The third-order valence-corrected chi connectivity index (χ3v) is 6.63. The second-order valence-electron chi connectivity index (χ2n) is 9.16. The van der Waals surface area contributed by atoms with Crippen molar-refractivity contribution in [3.05, 3.63) is 95.1 Å². The maximum atomic E-state index is 12.6. The van der Waals surface area contributed by atoms with Crippen LogP contribution in [0.5, 0.6) is 0 Å². The molecule has 3 N–H and O–H groups in total. The van der Waals surface area contributed by atoms with Crippen LogP contribution in [0.2, 0.25) is 0 Å². The van der Waals surface area contributed by atoms with Gasteiger partial charge >= 0.3 is 0 Å². The van der Waals surface area contributed by atoms with Gasteiger partial charge in [0, 0.05) is 35.5 Å². The largest absolute Gasteiger partial charge is 0.387 e. The zero-order valence-electron chi connectivity index (χ0n) is 18.7. The highest BCUT2D eigenvalue weighted by molar-refractivity contribution is 5.94. The Labute approximate surface area is 194 Å². The number of aliphatic hydroxyl groups excluding tert-OH is 1. The van der Waals surface area contributed by atoms with Gasteiger partial charge in [-0.3, -0.25) is 4.79 Å². The first-order valence-corrected chi connectivity index (χ1v) is 11.8. The SMILES string of the molecule is O=C(NCc1nccc(C2CC2)n1)c1ccc(C[C@@H]2CC[C@H]([C@H](O)c3ccccc3)N2)cc1. The number of benzene rings is 2. The molecule has 1 aromatic heterocycles. The fourth-order valence-corrected chi connectivity index (χ4v) is 4.59. The third-order valence-electron chi connectivity index (χ3n) is 6.63. The Morgan fingerprint density at radius 1 is 1.03 bits per heavy atom. The number of rotatable bonds is 8. The zero-order chi connectivity index (χ0) is 22.6. The molecule has 3 atom stereocenters. The van der Waals surface area contributed by atoms with Crippen LogP contribution in [0, 0.1) is 0 Å². The number of nitrogens with one attached hydrogen (secondary N) is 2. The maximum absolute atomic E-state index is 12.6. The predicted octanol–water partition coefficient (Wildman–Crippen LogP) is 3.68. The summed E-state index contributed by atoms with van der Waals surface area (Å²) in [6.45, 7) is 0.332. The number of amides is 1. The summed E-state index contributed by atoms with van der Waals surface area (Å²) in [5.41, 5.74) is 3.85. The van der Waals surface area contributed by atoms with Crippen LogP contribution in [-0.4, -0.2) is 33.1 Å². The number of hydrogen-bond acceptors (Lipinski definition) is 5. The lowest BCUT2D eigenvalue weighted by atomic mass is 10.0. The molecule has 1 saturated carbocycles. The lowest BCUT2D eigenvalue weighted by Gasteiger charge is -2.20. The lowest BCUT2D eigenvalue weighted by molar-refractivity contribution is 0.0950. The average Bonchev–Trinajstić information content (AvgIpc) is 3.62. The van der Waals surface area contributed by atoms with Crippen molar-refractivity contribution in [3.63, 3.8) is 0 Å². The second-order valence-corrected chi connectivity index (χ2v) is 9.16. The molecule has 0 bridgehead atoms. The monoisotopic (exact) mass is 442 g/mol. The molecular formula is C27H30N4O2. The molecule has 1 aliphatic heterocycles. The van der Waals surface area contributed by atoms with Gasteiger partial charge in [0.1, 0.15) is 5.82 Å². The molecule has 0 unspecified atom stereocenters. The van der Waals surface area contributed by atoms with Gasteiger partial charge in [0.05, 0.1) is 12.6 Å². The minimum atomic E-state index is -0.490. The van der Waals surface area contributed by atoms with Crippen LogP contribution in [0.4, 0.5) is 0 Å². The van der Waals surface area contributed by atoms with Crippen molar-refractivity contribution in [1.29, 1.82) is 0 Å². The lowest BCUT2D eigenvalue weighted by Crippen LogP contribution is -2.35. The van der Waals surface area contributed by atoms with Crippen molar-refractivity contribution in [2.45, 2.75) is 62.8 Å². The van der Waals surface area contributed by atoms with Crippen molar-refractivity contribution in [2.75, 3.05) is 0 Å². The van der Waals surface area contributed by atoms with E-state index in [1.54, 1.807) is 6.20 Å². The van der Waals surface area contributed by atoms with Crippen LogP contribution in [0.1, 0.15) is 70.7 Å². The van der Waals surface area contributed by atoms with E-state index in [0.717, 1.165) is 30.5 Å². The Bertz CT molecular complexity index is 1080. The summed E-state index contributed by atoms with van der Waals surface area (Å²) in [7, 11) is 0. The van der Waals surface area contributed by atoms with E-state index in [9.17, 15) is 9.90 Å². The molecule has 1 aliphatic carbocycles. The van der Waals surface area contributed by atoms with Crippen molar-refractivity contribution in [2.24, 2.45) is 0 Å². The first-order chi connectivity index (χ1) is 16.2. The summed E-state index contributed by atoms with van der Waals surface area (Å²) in [6, 6.07) is 20.0. The van der Waals surface area contributed by atoms with E-state index in [2.05, 4.69) is 20.6 Å². The Hall–Kier alpha value is -3.09. The van der Waals surface area contributed by atoms with Gasteiger partial charge < -0.3 is 15.7 Å². The molecule has 5 rings (SSSR count). The van der Waals surface area contributed by atoms with Gasteiger partial charge in [0.15, 0.2) is 0 Å². The molecule has 33 heavy (non-hydrogen) atoms. The van der Waals surface area contributed by atoms with E-state index in [1.807, 2.05) is 60.7 Å². The minimum absolute atomic E-state index is 0.0723. The highest BCUT2D eigenvalue weighted by atomic mass is 16.3. The Kier molecular flexibility index (Phi) is 6.46. The molecule has 1 saturated heterocycles. The molecule has 170 valence electrons. The molecule has 3 aromatic rings. The highest BCUT2D eigenvalue weighted by Crippen LogP contribution is 2.38. The van der Waals surface area contributed by atoms with Gasteiger partial charge in [-0.05, 0) is 61.4 Å². The minimum Gasteiger partial charge on any atom is -0.387 e. The van der Waals surface area contributed by atoms with Crippen LogP contribution in [0.15, 0.2) is 66.9 Å². The molecule has 2 fully saturated rings. The Balaban J connectivity index is 1.11. The number of nitrogens with zero attached hydrogens (tertiary/aromatic N) is 2. The quantitative estimate of drug-likeness (QED) is 0.495. The number of aliphatic hydroxyl groups is 1. The molecule has 6 nitrogen and oxygen atoms in total. The Morgan fingerprint density at radius 3 is 2.58 bits per heavy atom. The fourth-order valence-electron chi connectivity index (χ4n) is 4.59. The van der Waals surface area contributed by atoms with Gasteiger partial charge in [0.2, 0.25) is 0 Å². The highest BCUT2D eigenvalue weighted by Gasteiger charge is 2.30. The van der Waals surface area contributed by atoms with Crippen LogP contribution < -0.4 is 10.6 Å². The van der Waals surface area contributed by atoms with Crippen LogP contribution in [0.3, 0.4) is 0 Å². The summed E-state index contributed by atoms with van der Waals surface area (Å²) in [5, 5.41) is 17.2. The van der Waals surface area contributed by atoms with Crippen LogP contribution >= 0.6 is 0 Å². The van der Waals surface area contributed by atoms with Crippen LogP contribution in [0.25, 0.3) is 0 Å². The third kappa shape index (κ3) is 5.46. The fraction of sp³-hybridized carbons (Fsp3) is 0.370. The average molecular weight is 443 g/mol. The zero-order valence-corrected chi connectivity index (χ0v) is 18.7. The summed E-state index contributed by atoms with van der Waals surface area (Å²) in [5.74, 6) is 1.11. The van der Waals surface area contributed by atoms with Crippen LogP contribution in [-0.2, 0) is 13.0 Å². The van der Waals surface area contributed by atoms with E-state index in [1.165, 1.54) is 18.4 Å². The van der Waals surface area contributed by atoms with E-state index in [0.29, 0.717) is 29.9 Å². The summed E-state index contributed by atoms with van der Waals surface area (Å²) >= 11 is 0. The number of aromatic nitrogens is 2. The van der Waals surface area contributed by atoms with E-state index in [4.69, 9.17) is 0 Å². The number of carbonyl (C=O) groups is 1. The molecule has 6 heteroatoms. The van der Waals surface area contributed by atoms with Crippen molar-refractivity contribution >= 4 is 5.91 Å². The standard InChI is InChI=1S/C27H30N4O2/c32-26(20-4-2-1-3-5-20)24-13-12-22(30-24)16-18-6-8-21(9-7-18)27(33)29-17-25-28-15-14-23(31-25)19-10-11-19/h1-9,14-15,19,22,24,26,30,32H,10-13,16-17H2,(H,29,33)/t22-,24+,26+/m0/s1. The number of hydrogen-bond donors (Lipinski definition) is 3. The maximum Gasteiger partial charge on any atom is 0.251 e. The van der Waals surface area contributed by atoms with Gasteiger partial charge in [-0.1, -0.05) is 42.5 Å². The predicted molar refractivity (Wildman–Crippen MR) is 127 cm³/mol. The summed E-state index contributed by atoms with van der Waals surface area (Å²) in [4.78, 5) is 21.4.